The van der Waals surface area contributed by atoms with Gasteiger partial charge in [-0.3, -0.25) is 5.10 Å². The Morgan fingerprint density at radius 3 is 2.71 bits per heavy atom. The van der Waals surface area contributed by atoms with Crippen molar-refractivity contribution >= 4 is 10.0 Å². The molecule has 0 radical (unpaired) electrons. The molecule has 0 bridgehead atoms. The molecule has 17 heavy (non-hydrogen) atoms. The third-order valence-corrected chi connectivity index (χ3v) is 4.63. The van der Waals surface area contributed by atoms with Crippen LogP contribution in [0, 0.1) is 12.8 Å². The molecule has 1 aliphatic carbocycles. The largest absolute Gasteiger partial charge is 0.392 e. The average Bonchev–Trinajstić information content (AvgIpc) is 2.57. The number of H-pyrrole nitrogens is 1. The maximum Gasteiger partial charge on any atom is 0.260 e. The second-order valence-electron chi connectivity index (χ2n) is 4.69. The Hall–Kier alpha value is -0.920. The Bertz CT molecular complexity index is 503. The molecule has 1 aromatic heterocycles. The molecule has 3 N–H and O–H groups in total. The number of rotatable bonds is 4. The Balaban J connectivity index is 2.19. The maximum absolute atomic E-state index is 12.0. The minimum atomic E-state index is -3.62. The van der Waals surface area contributed by atoms with Gasteiger partial charge in [0.1, 0.15) is 0 Å². The SMILES string of the molecule is Cc1[nH]nc(S(=O)(=O)NC2CC(C)C2)c1CO. The predicted molar refractivity (Wildman–Crippen MR) is 61.8 cm³/mol. The molecule has 96 valence electrons. The molecule has 0 saturated heterocycles. The van der Waals surface area contributed by atoms with Crippen LogP contribution in [0.4, 0.5) is 0 Å². The standard InChI is InChI=1S/C10H17N3O3S/c1-6-3-8(4-6)13-17(15,16)10-9(5-14)7(2)11-12-10/h6,8,13-14H,3-5H2,1-2H3,(H,11,12). The predicted octanol–water partition coefficient (Wildman–Crippen LogP) is 0.287. The van der Waals surface area contributed by atoms with Crippen molar-refractivity contribution < 1.29 is 13.5 Å². The van der Waals surface area contributed by atoms with Crippen LogP contribution in [0.1, 0.15) is 31.0 Å². The topological polar surface area (TPSA) is 95.1 Å². The normalized spacial score (nSPS) is 24.6. The molecule has 1 heterocycles. The lowest BCUT2D eigenvalue weighted by Crippen LogP contribution is -2.43. The Morgan fingerprint density at radius 2 is 2.18 bits per heavy atom. The summed E-state index contributed by atoms with van der Waals surface area (Å²) < 4.78 is 26.7. The van der Waals surface area contributed by atoms with E-state index in [0.29, 0.717) is 17.2 Å². The van der Waals surface area contributed by atoms with Crippen molar-refractivity contribution in [2.75, 3.05) is 0 Å². The van der Waals surface area contributed by atoms with E-state index >= 15 is 0 Å². The van der Waals surface area contributed by atoms with Gasteiger partial charge in [0.15, 0.2) is 5.03 Å². The first-order chi connectivity index (χ1) is 7.94. The van der Waals surface area contributed by atoms with E-state index in [-0.39, 0.29) is 17.7 Å². The molecular weight excluding hydrogens is 242 g/mol. The Labute approximate surface area is 100 Å². The summed E-state index contributed by atoms with van der Waals surface area (Å²) in [6.45, 7) is 3.44. The molecule has 0 aromatic carbocycles. The summed E-state index contributed by atoms with van der Waals surface area (Å²) in [5.74, 6) is 0.570. The average molecular weight is 259 g/mol. The summed E-state index contributed by atoms with van der Waals surface area (Å²) in [6, 6.07) is -0.00134. The van der Waals surface area contributed by atoms with Gasteiger partial charge in [0.05, 0.1) is 6.61 Å². The number of aliphatic hydroxyl groups excluding tert-OH is 1. The second-order valence-corrected chi connectivity index (χ2v) is 6.31. The van der Waals surface area contributed by atoms with E-state index in [1.165, 1.54) is 0 Å². The summed E-state index contributed by atoms with van der Waals surface area (Å²) in [7, 11) is -3.62. The summed E-state index contributed by atoms with van der Waals surface area (Å²) in [6.07, 6.45) is 1.72. The van der Waals surface area contributed by atoms with Crippen molar-refractivity contribution in [3.05, 3.63) is 11.3 Å². The van der Waals surface area contributed by atoms with Gasteiger partial charge >= 0.3 is 0 Å². The first kappa shape index (κ1) is 12.5. The molecule has 0 amide bonds. The van der Waals surface area contributed by atoms with E-state index < -0.39 is 10.0 Å². The third-order valence-electron chi connectivity index (χ3n) is 3.14. The molecule has 7 heteroatoms. The van der Waals surface area contributed by atoms with Gasteiger partial charge in [-0.1, -0.05) is 6.92 Å². The highest BCUT2D eigenvalue weighted by molar-refractivity contribution is 7.89. The molecule has 1 fully saturated rings. The monoisotopic (exact) mass is 259 g/mol. The van der Waals surface area contributed by atoms with Crippen LogP contribution in [-0.4, -0.2) is 29.8 Å². The van der Waals surface area contributed by atoms with Gasteiger partial charge in [-0.15, -0.1) is 0 Å². The Kier molecular flexibility index (Phi) is 3.24. The number of nitrogens with zero attached hydrogens (tertiary/aromatic N) is 1. The molecular formula is C10H17N3O3S. The van der Waals surface area contributed by atoms with Gasteiger partial charge in [0.25, 0.3) is 10.0 Å². The summed E-state index contributed by atoms with van der Waals surface area (Å²) in [5, 5.41) is 15.4. The van der Waals surface area contributed by atoms with Crippen LogP contribution >= 0.6 is 0 Å². The lowest BCUT2D eigenvalue weighted by Gasteiger charge is -2.32. The van der Waals surface area contributed by atoms with Crippen LogP contribution < -0.4 is 4.72 Å². The number of aromatic amines is 1. The van der Waals surface area contributed by atoms with Gasteiger partial charge in [-0.05, 0) is 25.7 Å². The van der Waals surface area contributed by atoms with E-state index in [0.717, 1.165) is 12.8 Å². The van der Waals surface area contributed by atoms with Gasteiger partial charge in [-0.2, -0.15) is 5.10 Å². The van der Waals surface area contributed by atoms with Crippen molar-refractivity contribution in [2.45, 2.75) is 44.4 Å². The molecule has 2 rings (SSSR count). The smallest absolute Gasteiger partial charge is 0.260 e. The number of aliphatic hydroxyl groups is 1. The summed E-state index contributed by atoms with van der Waals surface area (Å²) >= 11 is 0. The van der Waals surface area contributed by atoms with Crippen molar-refractivity contribution in [2.24, 2.45) is 5.92 Å². The summed E-state index contributed by atoms with van der Waals surface area (Å²) in [4.78, 5) is 0. The minimum Gasteiger partial charge on any atom is -0.392 e. The zero-order valence-electron chi connectivity index (χ0n) is 9.90. The molecule has 1 saturated carbocycles. The lowest BCUT2D eigenvalue weighted by atomic mass is 9.83. The van der Waals surface area contributed by atoms with Gasteiger partial charge in [0.2, 0.25) is 0 Å². The molecule has 1 aliphatic rings. The highest BCUT2D eigenvalue weighted by atomic mass is 32.2. The highest BCUT2D eigenvalue weighted by Crippen LogP contribution is 2.28. The molecule has 1 aromatic rings. The fourth-order valence-electron chi connectivity index (χ4n) is 2.11. The van der Waals surface area contributed by atoms with Gasteiger partial charge in [0, 0.05) is 17.3 Å². The first-order valence-electron chi connectivity index (χ1n) is 5.61. The minimum absolute atomic E-state index is 0.00134. The summed E-state index contributed by atoms with van der Waals surface area (Å²) in [5.41, 5.74) is 0.916. The van der Waals surface area contributed by atoms with Crippen LogP contribution in [0.3, 0.4) is 0 Å². The zero-order valence-corrected chi connectivity index (χ0v) is 10.7. The van der Waals surface area contributed by atoms with Gasteiger partial charge < -0.3 is 5.11 Å². The molecule has 6 nitrogen and oxygen atoms in total. The fraction of sp³-hybridized carbons (Fsp3) is 0.700. The van der Waals surface area contributed by atoms with Crippen LogP contribution in [-0.2, 0) is 16.6 Å². The van der Waals surface area contributed by atoms with Crippen molar-refractivity contribution in [1.82, 2.24) is 14.9 Å². The van der Waals surface area contributed by atoms with E-state index in [2.05, 4.69) is 21.8 Å². The fourth-order valence-corrected chi connectivity index (χ4v) is 3.56. The van der Waals surface area contributed by atoms with Crippen LogP contribution in [0.5, 0.6) is 0 Å². The number of nitrogens with one attached hydrogen (secondary N) is 2. The van der Waals surface area contributed by atoms with Crippen LogP contribution in [0.2, 0.25) is 0 Å². The number of hydrogen-bond acceptors (Lipinski definition) is 4. The van der Waals surface area contributed by atoms with Crippen molar-refractivity contribution in [3.8, 4) is 0 Å². The van der Waals surface area contributed by atoms with Crippen molar-refractivity contribution in [3.63, 3.8) is 0 Å². The Morgan fingerprint density at radius 1 is 1.53 bits per heavy atom. The van der Waals surface area contributed by atoms with Gasteiger partial charge in [-0.25, -0.2) is 13.1 Å². The second kappa shape index (κ2) is 4.40. The number of hydrogen-bond donors (Lipinski definition) is 3. The number of aryl methyl sites for hydroxylation is 1. The lowest BCUT2D eigenvalue weighted by molar-refractivity contribution is 0.268. The molecule has 0 unspecified atom stereocenters. The number of sulfonamides is 1. The van der Waals surface area contributed by atoms with E-state index in [1.807, 2.05) is 0 Å². The van der Waals surface area contributed by atoms with Crippen molar-refractivity contribution in [1.29, 1.82) is 0 Å². The van der Waals surface area contributed by atoms with E-state index in [9.17, 15) is 8.42 Å². The van der Waals surface area contributed by atoms with E-state index in [4.69, 9.17) is 5.11 Å². The zero-order chi connectivity index (χ0) is 12.6. The first-order valence-corrected chi connectivity index (χ1v) is 7.09. The maximum atomic E-state index is 12.0. The van der Waals surface area contributed by atoms with Crippen LogP contribution in [0.25, 0.3) is 0 Å². The van der Waals surface area contributed by atoms with Crippen LogP contribution in [0.15, 0.2) is 5.03 Å². The quantitative estimate of drug-likeness (QED) is 0.724. The molecule has 0 atom stereocenters. The highest BCUT2D eigenvalue weighted by Gasteiger charge is 2.32. The van der Waals surface area contributed by atoms with E-state index in [1.54, 1.807) is 6.92 Å². The molecule has 0 aliphatic heterocycles. The number of aromatic nitrogens is 2. The molecule has 0 spiro atoms. The third kappa shape index (κ3) is 2.36.